The zero-order chi connectivity index (χ0) is 19.9. The average molecular weight is 497 g/mol. The highest BCUT2D eigenvalue weighted by molar-refractivity contribution is 14.0. The van der Waals surface area contributed by atoms with E-state index in [0.29, 0.717) is 19.0 Å². The molecule has 0 atom stereocenters. The van der Waals surface area contributed by atoms with E-state index in [0.717, 1.165) is 23.5 Å². The van der Waals surface area contributed by atoms with Gasteiger partial charge in [-0.15, -0.1) is 24.0 Å². The lowest BCUT2D eigenvalue weighted by Crippen LogP contribution is -2.35. The second-order valence-corrected chi connectivity index (χ2v) is 7.32. The van der Waals surface area contributed by atoms with Crippen LogP contribution in [0, 0.1) is 6.92 Å². The first-order valence-corrected chi connectivity index (χ1v) is 9.17. The van der Waals surface area contributed by atoms with Crippen molar-refractivity contribution in [3.63, 3.8) is 0 Å². The summed E-state index contributed by atoms with van der Waals surface area (Å²) >= 11 is 0. The zero-order valence-corrected chi connectivity index (χ0v) is 19.7. The molecule has 0 aromatic heterocycles. The van der Waals surface area contributed by atoms with Gasteiger partial charge < -0.3 is 20.5 Å². The van der Waals surface area contributed by atoms with E-state index < -0.39 is 0 Å². The Hall–Kier alpha value is -1.96. The number of aryl methyl sites for hydroxylation is 1. The summed E-state index contributed by atoms with van der Waals surface area (Å²) < 4.78 is 10.6. The van der Waals surface area contributed by atoms with Crippen molar-refractivity contribution in [2.75, 3.05) is 27.3 Å². The molecule has 0 bridgehead atoms. The second-order valence-electron chi connectivity index (χ2n) is 7.32. The van der Waals surface area contributed by atoms with Crippen molar-refractivity contribution in [2.45, 2.75) is 32.6 Å². The lowest BCUT2D eigenvalue weighted by Gasteiger charge is -2.23. The van der Waals surface area contributed by atoms with E-state index in [1.54, 1.807) is 14.2 Å². The summed E-state index contributed by atoms with van der Waals surface area (Å²) in [5.41, 5.74) is 9.64. The van der Waals surface area contributed by atoms with Crippen molar-refractivity contribution in [1.29, 1.82) is 0 Å². The van der Waals surface area contributed by atoms with Crippen molar-refractivity contribution >= 4 is 29.9 Å². The third-order valence-electron chi connectivity index (χ3n) is 4.65. The number of nitrogens with two attached hydrogens (primary N) is 1. The van der Waals surface area contributed by atoms with Gasteiger partial charge in [0.15, 0.2) is 17.5 Å². The van der Waals surface area contributed by atoms with E-state index in [1.165, 1.54) is 11.1 Å². The van der Waals surface area contributed by atoms with Crippen LogP contribution in [0.3, 0.4) is 0 Å². The molecule has 0 spiro atoms. The van der Waals surface area contributed by atoms with Gasteiger partial charge in [-0.25, -0.2) is 0 Å². The topological polar surface area (TPSA) is 68.9 Å². The summed E-state index contributed by atoms with van der Waals surface area (Å²) in [7, 11) is 3.27. The van der Waals surface area contributed by atoms with Gasteiger partial charge in [0, 0.05) is 12.0 Å². The Morgan fingerprint density at radius 2 is 1.68 bits per heavy atom. The number of aliphatic imine (C=N–C) groups is 1. The summed E-state index contributed by atoms with van der Waals surface area (Å²) in [5, 5.41) is 3.19. The first-order valence-electron chi connectivity index (χ1n) is 9.17. The number of nitrogens with one attached hydrogen (secondary N) is 1. The summed E-state index contributed by atoms with van der Waals surface area (Å²) in [5.74, 6) is 1.93. The van der Waals surface area contributed by atoms with Gasteiger partial charge in [0.1, 0.15) is 0 Å². The molecule has 0 saturated carbocycles. The minimum atomic E-state index is -0.0661. The standard InChI is InChI=1S/C22H31N3O2.HI/c1-16-6-9-18(10-7-16)22(2,3)15-25-21(23)24-13-12-17-8-11-19(26-4)20(14-17)27-5;/h6-11,14H,12-13,15H2,1-5H3,(H3,23,24,25);1H. The molecule has 154 valence electrons. The molecule has 0 radical (unpaired) electrons. The van der Waals surface area contributed by atoms with Crippen molar-refractivity contribution in [3.05, 3.63) is 59.2 Å². The number of halogens is 1. The fourth-order valence-corrected chi connectivity index (χ4v) is 2.81. The minimum Gasteiger partial charge on any atom is -0.493 e. The third kappa shape index (κ3) is 6.89. The summed E-state index contributed by atoms with van der Waals surface area (Å²) in [6.07, 6.45) is 0.817. The van der Waals surface area contributed by atoms with Crippen LogP contribution in [0.5, 0.6) is 11.5 Å². The molecule has 0 heterocycles. The number of hydrogen-bond acceptors (Lipinski definition) is 3. The molecular formula is C22H32IN3O2. The van der Waals surface area contributed by atoms with Crippen LogP contribution in [0.1, 0.15) is 30.5 Å². The lowest BCUT2D eigenvalue weighted by molar-refractivity contribution is 0.354. The Morgan fingerprint density at radius 1 is 1.04 bits per heavy atom. The average Bonchev–Trinajstić information content (AvgIpc) is 2.66. The van der Waals surface area contributed by atoms with Gasteiger partial charge in [0.25, 0.3) is 0 Å². The molecule has 6 heteroatoms. The van der Waals surface area contributed by atoms with Crippen molar-refractivity contribution in [2.24, 2.45) is 10.7 Å². The van der Waals surface area contributed by atoms with Crippen LogP contribution in [0.15, 0.2) is 47.5 Å². The quantitative estimate of drug-likeness (QED) is 0.328. The van der Waals surface area contributed by atoms with Gasteiger partial charge in [0.2, 0.25) is 0 Å². The Kier molecular flexibility index (Phi) is 9.58. The predicted molar refractivity (Wildman–Crippen MR) is 127 cm³/mol. The molecule has 2 aromatic carbocycles. The number of rotatable bonds is 8. The molecule has 0 fully saturated rings. The predicted octanol–water partition coefficient (Wildman–Crippen LogP) is 4.05. The monoisotopic (exact) mass is 497 g/mol. The number of hydrogen-bond donors (Lipinski definition) is 2. The van der Waals surface area contributed by atoms with Crippen molar-refractivity contribution in [3.8, 4) is 11.5 Å². The molecule has 0 unspecified atom stereocenters. The van der Waals surface area contributed by atoms with Crippen LogP contribution >= 0.6 is 24.0 Å². The molecule has 3 N–H and O–H groups in total. The molecule has 28 heavy (non-hydrogen) atoms. The van der Waals surface area contributed by atoms with Crippen LogP contribution in [0.25, 0.3) is 0 Å². The van der Waals surface area contributed by atoms with E-state index in [2.05, 4.69) is 55.3 Å². The molecule has 0 amide bonds. The van der Waals surface area contributed by atoms with Crippen LogP contribution in [-0.2, 0) is 11.8 Å². The van der Waals surface area contributed by atoms with E-state index in [4.69, 9.17) is 15.2 Å². The maximum absolute atomic E-state index is 6.04. The normalized spacial score (nSPS) is 11.5. The Balaban J connectivity index is 0.00000392. The van der Waals surface area contributed by atoms with Crippen molar-refractivity contribution < 1.29 is 9.47 Å². The Labute approximate surface area is 185 Å². The molecule has 2 aromatic rings. The van der Waals surface area contributed by atoms with E-state index >= 15 is 0 Å². The summed E-state index contributed by atoms with van der Waals surface area (Å²) in [6.45, 7) is 7.78. The fourth-order valence-electron chi connectivity index (χ4n) is 2.81. The summed E-state index contributed by atoms with van der Waals surface area (Å²) in [4.78, 5) is 4.53. The SMILES string of the molecule is COc1ccc(CCNC(N)=NCC(C)(C)c2ccc(C)cc2)cc1OC.I. The third-order valence-corrected chi connectivity index (χ3v) is 4.65. The van der Waals surface area contributed by atoms with Crippen LogP contribution in [-0.4, -0.2) is 33.3 Å². The highest BCUT2D eigenvalue weighted by atomic mass is 127. The molecule has 0 aliphatic heterocycles. The van der Waals surface area contributed by atoms with Crippen LogP contribution in [0.2, 0.25) is 0 Å². The van der Waals surface area contributed by atoms with E-state index in [-0.39, 0.29) is 29.4 Å². The van der Waals surface area contributed by atoms with Gasteiger partial charge in [-0.1, -0.05) is 49.7 Å². The molecule has 2 rings (SSSR count). The fraction of sp³-hybridized carbons (Fsp3) is 0.409. The smallest absolute Gasteiger partial charge is 0.188 e. The van der Waals surface area contributed by atoms with E-state index in [9.17, 15) is 0 Å². The van der Waals surface area contributed by atoms with Gasteiger partial charge in [-0.2, -0.15) is 0 Å². The Bertz CT molecular complexity index is 774. The van der Waals surface area contributed by atoms with Crippen molar-refractivity contribution in [1.82, 2.24) is 5.32 Å². The molecule has 0 aliphatic rings. The lowest BCUT2D eigenvalue weighted by atomic mass is 9.84. The molecule has 5 nitrogen and oxygen atoms in total. The van der Waals surface area contributed by atoms with Gasteiger partial charge >= 0.3 is 0 Å². The number of benzene rings is 2. The largest absolute Gasteiger partial charge is 0.493 e. The van der Waals surface area contributed by atoms with E-state index in [1.807, 2.05) is 18.2 Å². The highest BCUT2D eigenvalue weighted by Gasteiger charge is 2.20. The molecule has 0 aliphatic carbocycles. The van der Waals surface area contributed by atoms with Gasteiger partial charge in [-0.05, 0) is 36.6 Å². The number of guanidine groups is 1. The van der Waals surface area contributed by atoms with Crippen LogP contribution < -0.4 is 20.5 Å². The number of nitrogens with zero attached hydrogens (tertiary/aromatic N) is 1. The highest BCUT2D eigenvalue weighted by Crippen LogP contribution is 2.27. The van der Waals surface area contributed by atoms with Crippen LogP contribution in [0.4, 0.5) is 0 Å². The maximum atomic E-state index is 6.04. The maximum Gasteiger partial charge on any atom is 0.188 e. The summed E-state index contributed by atoms with van der Waals surface area (Å²) in [6, 6.07) is 14.5. The minimum absolute atomic E-state index is 0. The first kappa shape index (κ1) is 24.1. The second kappa shape index (κ2) is 11.1. The first-order chi connectivity index (χ1) is 12.9. The molecule has 0 saturated heterocycles. The van der Waals surface area contributed by atoms with Gasteiger partial charge in [-0.3, -0.25) is 4.99 Å². The Morgan fingerprint density at radius 3 is 2.29 bits per heavy atom. The molecular weight excluding hydrogens is 465 g/mol. The van der Waals surface area contributed by atoms with Gasteiger partial charge in [0.05, 0.1) is 20.8 Å². The zero-order valence-electron chi connectivity index (χ0n) is 17.4. The number of ether oxygens (including phenoxy) is 2. The number of methoxy groups -OCH3 is 2.